The summed E-state index contributed by atoms with van der Waals surface area (Å²) in [7, 11) is 1.73. The third kappa shape index (κ3) is 27.6. The molecule has 0 unspecified atom stereocenters. The quantitative estimate of drug-likeness (QED) is 0.00676. The van der Waals surface area contributed by atoms with E-state index < -0.39 is 6.04 Å². The van der Waals surface area contributed by atoms with Gasteiger partial charge in [0.1, 0.15) is 24.7 Å². The molecule has 3 aromatic carbocycles. The fourth-order valence-corrected chi connectivity index (χ4v) is 7.45. The number of amidine groups is 1. The number of aromatic nitrogens is 1. The molecule has 5 rings (SSSR count). The number of nitrogens with one attached hydrogen (secondary N) is 4. The van der Waals surface area contributed by atoms with Crippen molar-refractivity contribution in [3.8, 4) is 5.75 Å². The van der Waals surface area contributed by atoms with E-state index in [1.807, 2.05) is 56.2 Å². The van der Waals surface area contributed by atoms with Crippen LogP contribution in [-0.2, 0) is 41.7 Å². The van der Waals surface area contributed by atoms with Crippen LogP contribution in [-0.4, -0.2) is 120 Å². The summed E-state index contributed by atoms with van der Waals surface area (Å²) in [6.07, 6.45) is 13.3. The molecule has 0 aliphatic carbocycles. The Kier molecular flexibility index (Phi) is 35.2. The third-order valence-corrected chi connectivity index (χ3v) is 11.6. The van der Waals surface area contributed by atoms with Crippen LogP contribution in [0.25, 0.3) is 0 Å². The number of nitrogens with zero attached hydrogens (tertiary/aromatic N) is 4. The van der Waals surface area contributed by atoms with E-state index in [0.29, 0.717) is 111 Å². The molecule has 19 heteroatoms. The summed E-state index contributed by atoms with van der Waals surface area (Å²) >= 11 is 0. The Morgan fingerprint density at radius 2 is 1.48 bits per heavy atom. The molecule has 1 saturated heterocycles. The number of hydrogen-bond donors (Lipinski definition) is 6. The van der Waals surface area contributed by atoms with Crippen molar-refractivity contribution >= 4 is 48.8 Å². The highest BCUT2D eigenvalue weighted by Crippen LogP contribution is 2.30. The molecule has 1 aliphatic heterocycles. The van der Waals surface area contributed by atoms with Crippen molar-refractivity contribution in [2.75, 3.05) is 76.8 Å². The van der Waals surface area contributed by atoms with E-state index in [0.717, 1.165) is 87.0 Å². The Balaban J connectivity index is 0.00000158. The van der Waals surface area contributed by atoms with Crippen molar-refractivity contribution in [3.05, 3.63) is 119 Å². The predicted molar refractivity (Wildman–Crippen MR) is 296 cm³/mol. The van der Waals surface area contributed by atoms with Gasteiger partial charge in [-0.3, -0.25) is 29.8 Å². The Morgan fingerprint density at radius 3 is 2.13 bits per heavy atom. The molecule has 1 fully saturated rings. The maximum Gasteiger partial charge on any atom is 0.234 e. The zero-order valence-electron chi connectivity index (χ0n) is 44.5. The van der Waals surface area contributed by atoms with Crippen LogP contribution in [0.15, 0.2) is 96.2 Å². The number of halogens is 1. The second-order valence-electron chi connectivity index (χ2n) is 17.5. The maximum atomic E-state index is 15.7. The number of benzene rings is 3. The van der Waals surface area contributed by atoms with Crippen LogP contribution in [0.4, 0.5) is 15.9 Å². The Hall–Kier alpha value is -6.48. The van der Waals surface area contributed by atoms with Crippen molar-refractivity contribution in [2.45, 2.75) is 110 Å². The number of carbonyl (C=O) groups is 4. The molecular formula is C56H83FN10O8. The van der Waals surface area contributed by atoms with Crippen LogP contribution < -0.4 is 37.4 Å². The lowest BCUT2D eigenvalue weighted by molar-refractivity contribution is -0.125. The molecule has 0 bridgehead atoms. The fourth-order valence-electron chi connectivity index (χ4n) is 7.45. The zero-order valence-corrected chi connectivity index (χ0v) is 44.5. The summed E-state index contributed by atoms with van der Waals surface area (Å²) in [6, 6.07) is 23.4. The van der Waals surface area contributed by atoms with Gasteiger partial charge in [-0.1, -0.05) is 60.6 Å². The van der Waals surface area contributed by atoms with Crippen molar-refractivity contribution < 1.29 is 42.6 Å². The summed E-state index contributed by atoms with van der Waals surface area (Å²) < 4.78 is 38.6. The lowest BCUT2D eigenvalue weighted by Crippen LogP contribution is -2.39. The molecule has 2 heterocycles. The lowest BCUT2D eigenvalue weighted by Gasteiger charge is -2.23. The van der Waals surface area contributed by atoms with E-state index in [2.05, 4.69) is 32.8 Å². The monoisotopic (exact) mass is 1040 g/mol. The number of hydrazine groups is 1. The Labute approximate surface area is 443 Å². The summed E-state index contributed by atoms with van der Waals surface area (Å²) in [5.41, 5.74) is 19.1. The number of amides is 2. The number of aldehydes is 1. The van der Waals surface area contributed by atoms with Crippen molar-refractivity contribution in [2.24, 2.45) is 16.5 Å². The first-order chi connectivity index (χ1) is 36.6. The molecule has 0 saturated carbocycles. The Morgan fingerprint density at radius 1 is 0.853 bits per heavy atom. The topological polar surface area (TPSA) is 249 Å². The molecule has 18 nitrogen and oxygen atoms in total. The number of aliphatic imine (C=N–C) groups is 1. The number of piperidine rings is 1. The van der Waals surface area contributed by atoms with Gasteiger partial charge in [0.2, 0.25) is 11.8 Å². The van der Waals surface area contributed by atoms with Gasteiger partial charge in [-0.15, -0.1) is 0 Å². The van der Waals surface area contributed by atoms with Crippen molar-refractivity contribution in [1.82, 2.24) is 20.7 Å². The second-order valence-corrected chi connectivity index (χ2v) is 17.5. The zero-order chi connectivity index (χ0) is 54.9. The number of unbranched alkanes of at least 4 members (excludes halogenated alkanes) is 4. The van der Waals surface area contributed by atoms with Gasteiger partial charge in [0.05, 0.1) is 51.3 Å². The van der Waals surface area contributed by atoms with E-state index in [-0.39, 0.29) is 24.8 Å². The summed E-state index contributed by atoms with van der Waals surface area (Å²) in [4.78, 5) is 53.0. The van der Waals surface area contributed by atoms with Gasteiger partial charge >= 0.3 is 0 Å². The first kappa shape index (κ1) is 64.6. The molecule has 0 radical (unpaired) electrons. The number of hydrogen-bond acceptors (Lipinski definition) is 15. The third-order valence-electron chi connectivity index (χ3n) is 11.6. The molecule has 8 N–H and O–H groups in total. The highest BCUT2D eigenvalue weighted by molar-refractivity contribution is 5.98. The minimum Gasteiger partial charge on any atom is -0.494 e. The van der Waals surface area contributed by atoms with Gasteiger partial charge < -0.3 is 51.3 Å². The summed E-state index contributed by atoms with van der Waals surface area (Å²) in [5.74, 6) is 0.768. The maximum absolute atomic E-state index is 15.7. The number of nitrogens with two attached hydrogens (primary N) is 2. The minimum absolute atomic E-state index is 0.0906. The number of carbonyl (C=O) groups excluding carboxylic acids is 4. The molecule has 2 amide bonds. The molecule has 412 valence electrons. The molecule has 1 aromatic heterocycles. The van der Waals surface area contributed by atoms with Crippen LogP contribution in [0.5, 0.6) is 5.75 Å². The van der Waals surface area contributed by atoms with Gasteiger partial charge in [0.25, 0.3) is 0 Å². The van der Waals surface area contributed by atoms with Crippen LogP contribution in [0.2, 0.25) is 0 Å². The second kappa shape index (κ2) is 40.9. The largest absolute Gasteiger partial charge is 0.494 e. The van der Waals surface area contributed by atoms with Crippen LogP contribution in [0.3, 0.4) is 0 Å². The number of anilines is 2. The van der Waals surface area contributed by atoms with Crippen molar-refractivity contribution in [1.29, 1.82) is 5.41 Å². The van der Waals surface area contributed by atoms with E-state index in [1.54, 1.807) is 67.8 Å². The van der Waals surface area contributed by atoms with E-state index in [1.165, 1.54) is 0 Å². The predicted octanol–water partition coefficient (Wildman–Crippen LogP) is 8.09. The van der Waals surface area contributed by atoms with Gasteiger partial charge in [0.15, 0.2) is 0 Å². The summed E-state index contributed by atoms with van der Waals surface area (Å²) in [5, 5.41) is 14.0. The van der Waals surface area contributed by atoms with Gasteiger partial charge in [-0.05, 0) is 125 Å². The smallest absolute Gasteiger partial charge is 0.234 e. The first-order valence-electron chi connectivity index (χ1n) is 25.8. The molecule has 1 atom stereocenters. The summed E-state index contributed by atoms with van der Waals surface area (Å²) in [6.45, 7) is 14.7. The molecular weight excluding hydrogens is 960 g/mol. The Bertz CT molecular complexity index is 2200. The van der Waals surface area contributed by atoms with Gasteiger partial charge in [-0.2, -0.15) is 0 Å². The van der Waals surface area contributed by atoms with Crippen LogP contribution in [0.1, 0.15) is 123 Å². The number of ether oxygens (including phenoxy) is 4. The lowest BCUT2D eigenvalue weighted by atomic mass is 10.1. The molecule has 75 heavy (non-hydrogen) atoms. The van der Waals surface area contributed by atoms with Crippen LogP contribution >= 0.6 is 0 Å². The SMILES string of the molecule is C=N.C=O.CCCCC(=O)NN(C)Cc1c(C=O)cccc1NC(=O)CCCOCCOCCOCCCCCCOc1cccc([C@@H](C)N(F)c2cccc(C(N)=NCc3ccncc3)c2)c1.NC1CCNCC1. The number of pyridine rings is 1. The molecule has 4 aromatic rings. The minimum atomic E-state index is -0.556. The molecule has 0 spiro atoms. The van der Waals surface area contributed by atoms with E-state index in [4.69, 9.17) is 40.6 Å². The van der Waals surface area contributed by atoms with Gasteiger partial charge in [0, 0.05) is 80.5 Å². The van der Waals surface area contributed by atoms with E-state index >= 15 is 4.48 Å². The average molecular weight is 1040 g/mol. The van der Waals surface area contributed by atoms with Gasteiger partial charge in [-0.25, -0.2) is 10.1 Å². The number of rotatable bonds is 32. The van der Waals surface area contributed by atoms with Crippen LogP contribution in [0, 0.1) is 5.41 Å². The van der Waals surface area contributed by atoms with Crippen molar-refractivity contribution in [3.63, 3.8) is 0 Å². The van der Waals surface area contributed by atoms with E-state index in [9.17, 15) is 14.4 Å². The average Bonchev–Trinajstić information content (AvgIpc) is 3.44. The normalized spacial score (nSPS) is 12.6. The first-order valence-corrected chi connectivity index (χ1v) is 25.8. The highest BCUT2D eigenvalue weighted by Gasteiger charge is 2.19. The standard InChI is InChI=1S/C49H66FN7O7.C5H12N2.CH3N.CH2O/c1-4-5-20-48(60)55-56(3)36-45-42(37-58)16-12-19-46(45)54-47(59)21-13-27-62-30-32-63-31-29-61-26-8-6-7-9-28-64-44-18-11-14-40(34-44)38(2)57(50)43-17-10-15-41(33-43)49(51)53-35-39-22-24-52-25-23-39;6-5-1-3-7-4-2-5;2*1-2/h10-12,14-19,22-25,33-34,37-38H,4-9,13,20-21,26-32,35-36H2,1-3H3,(H2,51,53)(H,54,59)(H,55,60);5,7H,1-4,6H2;2H,1H2;1H2/t38-;;;/m1.../s1. The highest BCUT2D eigenvalue weighted by atomic mass is 19.2. The fraction of sp³-hybridized carbons (Fsp3) is 0.482. The molecule has 1 aliphatic rings.